The standard InChI is InChI=1S/C9H14O6/c1-2-3-4-8(13)7(12)15-5-9(8,14)6(10)11/h13-14H,2-5H2,1H3,(H,10,11)/t8-,9+/m0/s1. The molecule has 0 aromatic carbocycles. The summed E-state index contributed by atoms with van der Waals surface area (Å²) in [6, 6.07) is 0. The smallest absolute Gasteiger partial charge is 0.343 e. The van der Waals surface area contributed by atoms with Crippen molar-refractivity contribution in [1.29, 1.82) is 0 Å². The third-order valence-electron chi connectivity index (χ3n) is 2.68. The number of unbranched alkanes of at least 4 members (excludes halogenated alkanes) is 1. The summed E-state index contributed by atoms with van der Waals surface area (Å²) in [7, 11) is 0. The quantitative estimate of drug-likeness (QED) is 0.538. The van der Waals surface area contributed by atoms with E-state index in [1.54, 1.807) is 0 Å². The lowest BCUT2D eigenvalue weighted by atomic mass is 9.81. The van der Waals surface area contributed by atoms with Crippen molar-refractivity contribution < 1.29 is 29.6 Å². The van der Waals surface area contributed by atoms with Gasteiger partial charge >= 0.3 is 11.9 Å². The van der Waals surface area contributed by atoms with Crippen molar-refractivity contribution in [2.75, 3.05) is 6.61 Å². The Labute approximate surface area is 86.5 Å². The molecule has 0 aromatic heterocycles. The van der Waals surface area contributed by atoms with Gasteiger partial charge in [0.25, 0.3) is 0 Å². The molecule has 6 nitrogen and oxygen atoms in total. The van der Waals surface area contributed by atoms with Gasteiger partial charge < -0.3 is 20.1 Å². The van der Waals surface area contributed by atoms with Crippen LogP contribution in [0.5, 0.6) is 0 Å². The van der Waals surface area contributed by atoms with Crippen molar-refractivity contribution in [1.82, 2.24) is 0 Å². The number of esters is 1. The second-order valence-electron chi connectivity index (χ2n) is 3.71. The zero-order valence-corrected chi connectivity index (χ0v) is 8.39. The summed E-state index contributed by atoms with van der Waals surface area (Å²) >= 11 is 0. The minimum Gasteiger partial charge on any atom is -0.479 e. The van der Waals surface area contributed by atoms with Crippen LogP contribution in [-0.4, -0.2) is 45.1 Å². The number of carbonyl (C=O) groups excluding carboxylic acids is 1. The first-order valence-corrected chi connectivity index (χ1v) is 4.74. The minimum absolute atomic E-state index is 0.120. The number of hydrogen-bond donors (Lipinski definition) is 3. The Bertz CT molecular complexity index is 288. The summed E-state index contributed by atoms with van der Waals surface area (Å²) in [5, 5.41) is 28.3. The molecule has 86 valence electrons. The molecule has 1 heterocycles. The van der Waals surface area contributed by atoms with Crippen LogP contribution in [0.15, 0.2) is 0 Å². The molecule has 1 fully saturated rings. The summed E-state index contributed by atoms with van der Waals surface area (Å²) in [4.78, 5) is 22.0. The molecule has 0 spiro atoms. The van der Waals surface area contributed by atoms with Crippen LogP contribution in [0.4, 0.5) is 0 Å². The van der Waals surface area contributed by atoms with E-state index in [2.05, 4.69) is 4.74 Å². The Balaban J connectivity index is 2.98. The number of rotatable bonds is 4. The van der Waals surface area contributed by atoms with Gasteiger partial charge in [-0.1, -0.05) is 19.8 Å². The molecule has 3 N–H and O–H groups in total. The monoisotopic (exact) mass is 218 g/mol. The fourth-order valence-corrected chi connectivity index (χ4v) is 1.56. The average molecular weight is 218 g/mol. The highest BCUT2D eigenvalue weighted by Crippen LogP contribution is 2.35. The summed E-state index contributed by atoms with van der Waals surface area (Å²) in [5.74, 6) is -2.71. The molecule has 1 saturated heterocycles. The lowest BCUT2D eigenvalue weighted by molar-refractivity contribution is -0.186. The minimum atomic E-state index is -2.53. The summed E-state index contributed by atoms with van der Waals surface area (Å²) in [6.07, 6.45) is 0.984. The van der Waals surface area contributed by atoms with Crippen molar-refractivity contribution in [3.05, 3.63) is 0 Å². The molecule has 0 radical (unpaired) electrons. The van der Waals surface area contributed by atoms with E-state index in [9.17, 15) is 19.8 Å². The number of aliphatic hydroxyl groups is 2. The van der Waals surface area contributed by atoms with E-state index in [0.717, 1.165) is 0 Å². The number of carbonyl (C=O) groups is 2. The Kier molecular flexibility index (Phi) is 3.01. The van der Waals surface area contributed by atoms with Gasteiger partial charge in [-0.3, -0.25) is 0 Å². The van der Waals surface area contributed by atoms with E-state index in [1.807, 2.05) is 6.92 Å². The SMILES string of the molecule is CCCC[C@]1(O)C(=O)OC[C@@]1(O)C(=O)O. The van der Waals surface area contributed by atoms with Crippen LogP contribution < -0.4 is 0 Å². The zero-order valence-electron chi connectivity index (χ0n) is 8.39. The van der Waals surface area contributed by atoms with Gasteiger partial charge in [-0.05, 0) is 6.42 Å². The molecular weight excluding hydrogens is 204 g/mol. The lowest BCUT2D eigenvalue weighted by Crippen LogP contribution is -2.60. The highest BCUT2D eigenvalue weighted by Gasteiger charge is 2.66. The molecule has 6 heteroatoms. The van der Waals surface area contributed by atoms with E-state index in [-0.39, 0.29) is 6.42 Å². The van der Waals surface area contributed by atoms with Gasteiger partial charge in [-0.25, -0.2) is 9.59 Å². The number of carboxylic acids is 1. The molecule has 0 bridgehead atoms. The van der Waals surface area contributed by atoms with Crippen LogP contribution in [0.1, 0.15) is 26.2 Å². The Morgan fingerprint density at radius 3 is 2.60 bits per heavy atom. The number of carboxylic acid groups (broad SMARTS) is 1. The lowest BCUT2D eigenvalue weighted by Gasteiger charge is -2.29. The van der Waals surface area contributed by atoms with Crippen molar-refractivity contribution in [3.8, 4) is 0 Å². The van der Waals surface area contributed by atoms with Gasteiger partial charge in [-0.15, -0.1) is 0 Å². The Morgan fingerprint density at radius 1 is 1.53 bits per heavy atom. The van der Waals surface area contributed by atoms with Crippen molar-refractivity contribution in [2.45, 2.75) is 37.4 Å². The van der Waals surface area contributed by atoms with Gasteiger partial charge in [0.2, 0.25) is 11.2 Å². The van der Waals surface area contributed by atoms with Gasteiger partial charge in [-0.2, -0.15) is 0 Å². The van der Waals surface area contributed by atoms with E-state index in [4.69, 9.17) is 5.11 Å². The molecule has 15 heavy (non-hydrogen) atoms. The maximum absolute atomic E-state index is 11.2. The van der Waals surface area contributed by atoms with Crippen LogP contribution in [0.2, 0.25) is 0 Å². The number of ether oxygens (including phenoxy) is 1. The van der Waals surface area contributed by atoms with Gasteiger partial charge in [0.05, 0.1) is 0 Å². The largest absolute Gasteiger partial charge is 0.479 e. The number of cyclic esters (lactones) is 1. The molecule has 1 aliphatic heterocycles. The fourth-order valence-electron chi connectivity index (χ4n) is 1.56. The molecule has 2 atom stereocenters. The van der Waals surface area contributed by atoms with Crippen molar-refractivity contribution in [2.24, 2.45) is 0 Å². The molecule has 1 aliphatic rings. The maximum atomic E-state index is 11.2. The highest BCUT2D eigenvalue weighted by molar-refractivity contribution is 5.94. The summed E-state index contributed by atoms with van der Waals surface area (Å²) in [5.41, 5.74) is -4.85. The second kappa shape index (κ2) is 3.79. The molecule has 0 saturated carbocycles. The molecule has 0 unspecified atom stereocenters. The molecule has 0 aromatic rings. The average Bonchev–Trinajstić information content (AvgIpc) is 2.42. The van der Waals surface area contributed by atoms with Crippen molar-refractivity contribution in [3.63, 3.8) is 0 Å². The first-order valence-electron chi connectivity index (χ1n) is 4.74. The zero-order chi connectivity index (χ0) is 11.7. The molecule has 0 amide bonds. The predicted molar refractivity (Wildman–Crippen MR) is 48.0 cm³/mol. The summed E-state index contributed by atoms with van der Waals surface area (Å²) < 4.78 is 4.42. The Hall–Kier alpha value is -1.14. The first-order chi connectivity index (χ1) is 6.88. The summed E-state index contributed by atoms with van der Waals surface area (Å²) in [6.45, 7) is 1.12. The first kappa shape index (κ1) is 11.9. The molecule has 1 rings (SSSR count). The van der Waals surface area contributed by atoms with E-state index in [0.29, 0.717) is 12.8 Å². The van der Waals surface area contributed by atoms with E-state index >= 15 is 0 Å². The van der Waals surface area contributed by atoms with Gasteiger partial charge in [0.1, 0.15) is 6.61 Å². The number of hydrogen-bond acceptors (Lipinski definition) is 5. The van der Waals surface area contributed by atoms with E-state index in [1.165, 1.54) is 0 Å². The van der Waals surface area contributed by atoms with Gasteiger partial charge in [0.15, 0.2) is 0 Å². The van der Waals surface area contributed by atoms with Crippen molar-refractivity contribution >= 4 is 11.9 Å². The Morgan fingerprint density at radius 2 is 2.13 bits per heavy atom. The topological polar surface area (TPSA) is 104 Å². The number of aliphatic carboxylic acids is 1. The van der Waals surface area contributed by atoms with Gasteiger partial charge in [0, 0.05) is 0 Å². The van der Waals surface area contributed by atoms with E-state index < -0.39 is 29.7 Å². The fraction of sp³-hybridized carbons (Fsp3) is 0.778. The normalized spacial score (nSPS) is 35.3. The third kappa shape index (κ3) is 1.59. The second-order valence-corrected chi connectivity index (χ2v) is 3.71. The van der Waals surface area contributed by atoms with Crippen LogP contribution in [0.3, 0.4) is 0 Å². The predicted octanol–water partition coefficient (Wildman–Crippen LogP) is -0.720. The third-order valence-corrected chi connectivity index (χ3v) is 2.68. The van der Waals surface area contributed by atoms with Crippen LogP contribution in [-0.2, 0) is 14.3 Å². The van der Waals surface area contributed by atoms with Crippen LogP contribution in [0, 0.1) is 0 Å². The van der Waals surface area contributed by atoms with Crippen LogP contribution in [0.25, 0.3) is 0 Å². The highest BCUT2D eigenvalue weighted by atomic mass is 16.6. The maximum Gasteiger partial charge on any atom is 0.343 e. The molecule has 0 aliphatic carbocycles. The molecular formula is C9H14O6. The van der Waals surface area contributed by atoms with Crippen LogP contribution >= 0.6 is 0 Å².